The van der Waals surface area contributed by atoms with Gasteiger partial charge in [0.2, 0.25) is 0 Å². The summed E-state index contributed by atoms with van der Waals surface area (Å²) in [6, 6.07) is 19.2. The Morgan fingerprint density at radius 3 is 2.78 bits per heavy atom. The van der Waals surface area contributed by atoms with E-state index in [-0.39, 0.29) is 5.91 Å². The van der Waals surface area contributed by atoms with Gasteiger partial charge in [0, 0.05) is 23.0 Å². The molecule has 3 heterocycles. The molecule has 1 saturated heterocycles. The van der Waals surface area contributed by atoms with Gasteiger partial charge in [0.05, 0.1) is 16.1 Å². The van der Waals surface area contributed by atoms with Crippen molar-refractivity contribution in [1.82, 2.24) is 10.3 Å². The molecule has 0 spiro atoms. The zero-order valence-electron chi connectivity index (χ0n) is 14.0. The minimum absolute atomic E-state index is 0.182. The minimum Gasteiger partial charge on any atom is -0.456 e. The molecular weight excluding hydrogens is 358 g/mol. The molecule has 2 aromatic heterocycles. The number of furan rings is 1. The summed E-state index contributed by atoms with van der Waals surface area (Å²) in [5, 5.41) is 5.20. The van der Waals surface area contributed by atoms with Crippen LogP contribution in [-0.4, -0.2) is 16.1 Å². The smallest absolute Gasteiger partial charge is 0.264 e. The van der Waals surface area contributed by atoms with E-state index in [2.05, 4.69) is 15.3 Å². The maximum atomic E-state index is 12.3. The van der Waals surface area contributed by atoms with Crippen LogP contribution < -0.4 is 5.32 Å². The van der Waals surface area contributed by atoms with Crippen molar-refractivity contribution in [3.8, 4) is 0 Å². The second-order valence-electron chi connectivity index (χ2n) is 6.03. The number of rotatable bonds is 2. The fourth-order valence-corrected chi connectivity index (χ4v) is 3.77. The van der Waals surface area contributed by atoms with E-state index in [1.807, 2.05) is 60.7 Å². The third kappa shape index (κ3) is 3.00. The van der Waals surface area contributed by atoms with Gasteiger partial charge >= 0.3 is 0 Å². The molecule has 1 aliphatic rings. The first-order valence-electron chi connectivity index (χ1n) is 8.38. The number of fused-ring (bicyclic) bond motifs is 3. The highest BCUT2D eigenvalue weighted by atomic mass is 32.2. The van der Waals surface area contributed by atoms with Crippen molar-refractivity contribution >= 4 is 56.5 Å². The van der Waals surface area contributed by atoms with Crippen molar-refractivity contribution in [3.63, 3.8) is 0 Å². The molecule has 1 aliphatic heterocycles. The molecule has 27 heavy (non-hydrogen) atoms. The van der Waals surface area contributed by atoms with Crippen LogP contribution in [-0.2, 0) is 4.79 Å². The Kier molecular flexibility index (Phi) is 3.76. The molecule has 130 valence electrons. The van der Waals surface area contributed by atoms with E-state index in [1.165, 1.54) is 11.8 Å². The number of amidine groups is 1. The zero-order valence-corrected chi connectivity index (χ0v) is 14.9. The number of carbonyl (C=O) groups is 1. The van der Waals surface area contributed by atoms with E-state index in [0.717, 1.165) is 27.6 Å². The maximum Gasteiger partial charge on any atom is 0.264 e. The Balaban J connectivity index is 1.50. The molecule has 6 heteroatoms. The number of thioether (sulfide) groups is 1. The molecule has 1 N–H and O–H groups in total. The molecular formula is C21H13N3O2S. The highest BCUT2D eigenvalue weighted by molar-refractivity contribution is 8.18. The quantitative estimate of drug-likeness (QED) is 0.510. The second-order valence-corrected chi connectivity index (χ2v) is 7.06. The molecule has 0 saturated carbocycles. The van der Waals surface area contributed by atoms with E-state index in [4.69, 9.17) is 4.42 Å². The third-order valence-corrected chi connectivity index (χ3v) is 5.09. The Hall–Kier alpha value is -3.38. The van der Waals surface area contributed by atoms with Crippen molar-refractivity contribution in [3.05, 3.63) is 77.5 Å². The van der Waals surface area contributed by atoms with Crippen molar-refractivity contribution in [2.24, 2.45) is 4.99 Å². The fourth-order valence-electron chi connectivity index (χ4n) is 2.95. The molecule has 2 aromatic carbocycles. The number of benzene rings is 2. The van der Waals surface area contributed by atoms with Crippen LogP contribution in [0.1, 0.15) is 5.76 Å². The second kappa shape index (κ2) is 6.41. The highest BCUT2D eigenvalue weighted by Gasteiger charge is 2.24. The van der Waals surface area contributed by atoms with Gasteiger partial charge in [-0.2, -0.15) is 0 Å². The summed E-state index contributed by atoms with van der Waals surface area (Å²) in [6.45, 7) is 0. The molecule has 0 atom stereocenters. The van der Waals surface area contributed by atoms with Crippen LogP contribution in [0, 0.1) is 0 Å². The largest absolute Gasteiger partial charge is 0.456 e. The summed E-state index contributed by atoms with van der Waals surface area (Å²) in [5.41, 5.74) is 2.45. The van der Waals surface area contributed by atoms with Crippen LogP contribution in [0.2, 0.25) is 0 Å². The van der Waals surface area contributed by atoms with Gasteiger partial charge in [-0.25, -0.2) is 4.99 Å². The lowest BCUT2D eigenvalue weighted by Crippen LogP contribution is -2.19. The summed E-state index contributed by atoms with van der Waals surface area (Å²) >= 11 is 1.30. The van der Waals surface area contributed by atoms with E-state index in [1.54, 1.807) is 12.3 Å². The lowest BCUT2D eigenvalue weighted by atomic mass is 10.2. The summed E-state index contributed by atoms with van der Waals surface area (Å²) < 4.78 is 6.00. The van der Waals surface area contributed by atoms with Crippen LogP contribution in [0.3, 0.4) is 0 Å². The number of aromatic nitrogens is 1. The number of pyridine rings is 1. The standard InChI is InChI=1S/C21H13N3O2S/c25-20-18(27-21(24-20)23-14-6-2-1-3-7-14)11-15-10-13-12-22-17-9-5-4-8-16(17)19(13)26-15/h1-12H,(H,23,24,25)/b18-11-. The number of hydrogen-bond donors (Lipinski definition) is 1. The Morgan fingerprint density at radius 2 is 1.89 bits per heavy atom. The normalized spacial score (nSPS) is 17.3. The number of nitrogens with zero attached hydrogens (tertiary/aromatic N) is 2. The third-order valence-electron chi connectivity index (χ3n) is 4.18. The average molecular weight is 371 g/mol. The van der Waals surface area contributed by atoms with Gasteiger partial charge in [-0.3, -0.25) is 9.78 Å². The summed E-state index contributed by atoms with van der Waals surface area (Å²) in [5.74, 6) is 0.430. The van der Waals surface area contributed by atoms with Crippen molar-refractivity contribution in [2.75, 3.05) is 0 Å². The first kappa shape index (κ1) is 15.8. The Morgan fingerprint density at radius 1 is 1.07 bits per heavy atom. The first-order chi connectivity index (χ1) is 13.3. The van der Waals surface area contributed by atoms with Crippen LogP contribution in [0.15, 0.2) is 81.2 Å². The number of nitrogens with one attached hydrogen (secondary N) is 1. The van der Waals surface area contributed by atoms with Crippen LogP contribution in [0.5, 0.6) is 0 Å². The summed E-state index contributed by atoms with van der Waals surface area (Å²) in [7, 11) is 0. The monoisotopic (exact) mass is 371 g/mol. The topological polar surface area (TPSA) is 67.5 Å². The Bertz CT molecular complexity index is 1240. The van der Waals surface area contributed by atoms with Gasteiger partial charge in [-0.1, -0.05) is 30.3 Å². The van der Waals surface area contributed by atoms with E-state index in [0.29, 0.717) is 15.8 Å². The Labute approximate surface area is 158 Å². The summed E-state index contributed by atoms with van der Waals surface area (Å²) in [4.78, 5) is 21.7. The molecule has 0 radical (unpaired) electrons. The van der Waals surface area contributed by atoms with E-state index < -0.39 is 0 Å². The van der Waals surface area contributed by atoms with Gasteiger partial charge in [0.25, 0.3) is 5.91 Å². The number of carbonyl (C=O) groups excluding carboxylic acids is 1. The average Bonchev–Trinajstić information content (AvgIpc) is 3.26. The van der Waals surface area contributed by atoms with Crippen molar-refractivity contribution < 1.29 is 9.21 Å². The van der Waals surface area contributed by atoms with Crippen molar-refractivity contribution in [2.45, 2.75) is 0 Å². The number of aliphatic imine (C=N–C) groups is 1. The van der Waals surface area contributed by atoms with Crippen molar-refractivity contribution in [1.29, 1.82) is 0 Å². The predicted octanol–water partition coefficient (Wildman–Crippen LogP) is 4.87. The predicted molar refractivity (Wildman–Crippen MR) is 109 cm³/mol. The molecule has 0 aliphatic carbocycles. The van der Waals surface area contributed by atoms with Crippen LogP contribution >= 0.6 is 11.8 Å². The van der Waals surface area contributed by atoms with E-state index >= 15 is 0 Å². The molecule has 0 unspecified atom stereocenters. The maximum absolute atomic E-state index is 12.3. The van der Waals surface area contributed by atoms with Gasteiger partial charge in [-0.05, 0) is 42.1 Å². The van der Waals surface area contributed by atoms with Gasteiger partial charge < -0.3 is 9.73 Å². The summed E-state index contributed by atoms with van der Waals surface area (Å²) in [6.07, 6.45) is 3.52. The minimum atomic E-state index is -0.182. The highest BCUT2D eigenvalue weighted by Crippen LogP contribution is 2.31. The first-order valence-corrected chi connectivity index (χ1v) is 9.20. The van der Waals surface area contributed by atoms with E-state index in [9.17, 15) is 4.79 Å². The van der Waals surface area contributed by atoms with Crippen LogP contribution in [0.4, 0.5) is 5.69 Å². The van der Waals surface area contributed by atoms with Gasteiger partial charge in [0.15, 0.2) is 5.17 Å². The molecule has 1 fully saturated rings. The molecule has 4 aromatic rings. The van der Waals surface area contributed by atoms with Gasteiger partial charge in [0.1, 0.15) is 11.3 Å². The van der Waals surface area contributed by atoms with Gasteiger partial charge in [-0.15, -0.1) is 0 Å². The number of para-hydroxylation sites is 2. The SMILES string of the molecule is O=C1NC(=Nc2ccccc2)S/C1=C\c1cc2cnc3ccccc3c2o1. The molecule has 5 nitrogen and oxygen atoms in total. The molecule has 5 rings (SSSR count). The fraction of sp³-hybridized carbons (Fsp3) is 0. The molecule has 1 amide bonds. The molecule has 0 bridgehead atoms. The lowest BCUT2D eigenvalue weighted by molar-refractivity contribution is -0.115. The number of amides is 1. The lowest BCUT2D eigenvalue weighted by Gasteiger charge is -1.96. The van der Waals surface area contributed by atoms with Crippen LogP contribution in [0.25, 0.3) is 27.9 Å². The zero-order chi connectivity index (χ0) is 18.2. The number of hydrogen-bond acceptors (Lipinski definition) is 5.